The second-order valence-electron chi connectivity index (χ2n) is 3.86. The van der Waals surface area contributed by atoms with Crippen LogP contribution in [0.5, 0.6) is 0 Å². The summed E-state index contributed by atoms with van der Waals surface area (Å²) in [5.41, 5.74) is 8.44. The average molecular weight is 221 g/mol. The fourth-order valence-electron chi connectivity index (χ4n) is 1.16. The van der Waals surface area contributed by atoms with Crippen LogP contribution in [0.4, 0.5) is 11.5 Å². The molecule has 0 radical (unpaired) electrons. The molecule has 1 rings (SSSR count). The first kappa shape index (κ1) is 12.5. The number of pyridine rings is 1. The Bertz CT molecular complexity index is 363. The average Bonchev–Trinajstić information content (AvgIpc) is 2.22. The molecule has 88 valence electrons. The van der Waals surface area contributed by atoms with E-state index in [0.29, 0.717) is 18.9 Å². The van der Waals surface area contributed by atoms with E-state index in [-0.39, 0.29) is 0 Å². The Morgan fingerprint density at radius 3 is 3.00 bits per heavy atom. The van der Waals surface area contributed by atoms with Gasteiger partial charge in [0.25, 0.3) is 0 Å². The number of hydrogen-bond acceptors (Lipinski definition) is 4. The van der Waals surface area contributed by atoms with Crippen molar-refractivity contribution in [3.63, 3.8) is 0 Å². The number of nitrogens with one attached hydrogen (secondary N) is 1. The summed E-state index contributed by atoms with van der Waals surface area (Å²) >= 11 is 0. The number of rotatable bonds is 6. The molecule has 0 aliphatic rings. The molecule has 0 fully saturated rings. The summed E-state index contributed by atoms with van der Waals surface area (Å²) in [5.74, 6) is 0.825. The Morgan fingerprint density at radius 2 is 2.38 bits per heavy atom. The Kier molecular flexibility index (Phi) is 4.79. The van der Waals surface area contributed by atoms with E-state index in [1.165, 1.54) is 0 Å². The predicted octanol–water partition coefficient (Wildman–Crippen LogP) is 1.98. The van der Waals surface area contributed by atoms with E-state index in [1.807, 2.05) is 19.9 Å². The quantitative estimate of drug-likeness (QED) is 0.569. The molecule has 0 spiro atoms. The van der Waals surface area contributed by atoms with E-state index < -0.39 is 0 Å². The molecule has 1 heterocycles. The van der Waals surface area contributed by atoms with E-state index in [0.717, 1.165) is 23.5 Å². The van der Waals surface area contributed by atoms with Crippen LogP contribution >= 0.6 is 0 Å². The summed E-state index contributed by atoms with van der Waals surface area (Å²) in [5, 5.41) is 3.17. The highest BCUT2D eigenvalue weighted by atomic mass is 16.5. The SMILES string of the molecule is C=C(C)COCCNc1cc(C)c(N)cn1. The molecule has 0 saturated heterocycles. The molecule has 0 aromatic carbocycles. The minimum atomic E-state index is 0.607. The van der Waals surface area contributed by atoms with Gasteiger partial charge in [-0.2, -0.15) is 0 Å². The molecule has 0 atom stereocenters. The molecule has 1 aromatic heterocycles. The lowest BCUT2D eigenvalue weighted by Crippen LogP contribution is -2.11. The van der Waals surface area contributed by atoms with Crippen LogP contribution < -0.4 is 11.1 Å². The molecule has 0 unspecified atom stereocenters. The van der Waals surface area contributed by atoms with Crippen molar-refractivity contribution in [3.8, 4) is 0 Å². The summed E-state index contributed by atoms with van der Waals surface area (Å²) in [4.78, 5) is 4.16. The Hall–Kier alpha value is -1.55. The molecule has 4 nitrogen and oxygen atoms in total. The van der Waals surface area contributed by atoms with Crippen molar-refractivity contribution in [1.82, 2.24) is 4.98 Å². The van der Waals surface area contributed by atoms with Gasteiger partial charge in [-0.15, -0.1) is 0 Å². The summed E-state index contributed by atoms with van der Waals surface area (Å²) in [6.45, 7) is 9.63. The van der Waals surface area contributed by atoms with Crippen molar-refractivity contribution in [3.05, 3.63) is 30.0 Å². The van der Waals surface area contributed by atoms with E-state index >= 15 is 0 Å². The number of hydrogen-bond donors (Lipinski definition) is 2. The zero-order chi connectivity index (χ0) is 12.0. The molecule has 4 heteroatoms. The van der Waals surface area contributed by atoms with Crippen LogP contribution in [0.15, 0.2) is 24.4 Å². The number of anilines is 2. The van der Waals surface area contributed by atoms with Crippen molar-refractivity contribution in [2.24, 2.45) is 0 Å². The van der Waals surface area contributed by atoms with Gasteiger partial charge in [0.05, 0.1) is 25.1 Å². The van der Waals surface area contributed by atoms with Crippen molar-refractivity contribution in [2.75, 3.05) is 30.8 Å². The monoisotopic (exact) mass is 221 g/mol. The Balaban J connectivity index is 2.27. The standard InChI is InChI=1S/C12H19N3O/c1-9(2)8-16-5-4-14-12-6-10(3)11(13)7-15-12/h6-7H,1,4-5,8,13H2,2-3H3,(H,14,15). The van der Waals surface area contributed by atoms with Gasteiger partial charge in [-0.3, -0.25) is 0 Å². The van der Waals surface area contributed by atoms with E-state index in [9.17, 15) is 0 Å². The lowest BCUT2D eigenvalue weighted by Gasteiger charge is -2.08. The molecule has 1 aromatic rings. The summed E-state index contributed by atoms with van der Waals surface area (Å²) in [7, 11) is 0. The molecular formula is C12H19N3O. The zero-order valence-corrected chi connectivity index (χ0v) is 9.92. The predicted molar refractivity (Wildman–Crippen MR) is 67.5 cm³/mol. The Labute approximate surface area is 96.5 Å². The van der Waals surface area contributed by atoms with Crippen LogP contribution in [0.2, 0.25) is 0 Å². The van der Waals surface area contributed by atoms with Crippen LogP contribution in [0, 0.1) is 6.92 Å². The number of aromatic nitrogens is 1. The number of nitrogens with two attached hydrogens (primary N) is 1. The third-order valence-corrected chi connectivity index (χ3v) is 2.05. The number of nitrogens with zero attached hydrogens (tertiary/aromatic N) is 1. The third-order valence-electron chi connectivity index (χ3n) is 2.05. The normalized spacial score (nSPS) is 10.1. The number of ether oxygens (including phenoxy) is 1. The largest absolute Gasteiger partial charge is 0.397 e. The van der Waals surface area contributed by atoms with E-state index in [4.69, 9.17) is 10.5 Å². The summed E-state index contributed by atoms with van der Waals surface area (Å²) < 4.78 is 5.36. The van der Waals surface area contributed by atoms with Crippen LogP contribution in [0.3, 0.4) is 0 Å². The van der Waals surface area contributed by atoms with Gasteiger partial charge >= 0.3 is 0 Å². The topological polar surface area (TPSA) is 60.2 Å². The second kappa shape index (κ2) is 6.12. The molecular weight excluding hydrogens is 202 g/mol. The summed E-state index contributed by atoms with van der Waals surface area (Å²) in [6, 6.07) is 1.92. The maximum Gasteiger partial charge on any atom is 0.126 e. The van der Waals surface area contributed by atoms with Gasteiger partial charge in [0.1, 0.15) is 5.82 Å². The number of nitrogen functional groups attached to an aromatic ring is 1. The minimum absolute atomic E-state index is 0.607. The highest BCUT2D eigenvalue weighted by molar-refractivity contribution is 5.50. The van der Waals surface area contributed by atoms with Crippen LogP contribution in [-0.4, -0.2) is 24.7 Å². The zero-order valence-electron chi connectivity index (χ0n) is 9.92. The molecule has 0 aliphatic carbocycles. The first-order valence-electron chi connectivity index (χ1n) is 5.27. The maximum absolute atomic E-state index is 5.67. The molecule has 3 N–H and O–H groups in total. The second-order valence-corrected chi connectivity index (χ2v) is 3.86. The van der Waals surface area contributed by atoms with Gasteiger partial charge < -0.3 is 15.8 Å². The fraction of sp³-hybridized carbons (Fsp3) is 0.417. The smallest absolute Gasteiger partial charge is 0.126 e. The molecule has 0 amide bonds. The van der Waals surface area contributed by atoms with Gasteiger partial charge in [-0.1, -0.05) is 12.2 Å². The van der Waals surface area contributed by atoms with Gasteiger partial charge in [-0.25, -0.2) is 4.98 Å². The van der Waals surface area contributed by atoms with Crippen molar-refractivity contribution < 1.29 is 4.74 Å². The lowest BCUT2D eigenvalue weighted by molar-refractivity contribution is 0.167. The maximum atomic E-state index is 5.67. The van der Waals surface area contributed by atoms with Gasteiger partial charge in [0.2, 0.25) is 0 Å². The summed E-state index contributed by atoms with van der Waals surface area (Å²) in [6.07, 6.45) is 1.66. The molecule has 0 saturated carbocycles. The molecule has 0 aliphatic heterocycles. The minimum Gasteiger partial charge on any atom is -0.397 e. The van der Waals surface area contributed by atoms with Gasteiger partial charge in [-0.05, 0) is 25.5 Å². The van der Waals surface area contributed by atoms with Crippen molar-refractivity contribution in [1.29, 1.82) is 0 Å². The van der Waals surface area contributed by atoms with Crippen LogP contribution in [0.1, 0.15) is 12.5 Å². The molecule has 0 bridgehead atoms. The highest BCUT2D eigenvalue weighted by Gasteiger charge is 1.97. The first-order valence-corrected chi connectivity index (χ1v) is 5.27. The van der Waals surface area contributed by atoms with Crippen molar-refractivity contribution >= 4 is 11.5 Å². The fourth-order valence-corrected chi connectivity index (χ4v) is 1.16. The lowest BCUT2D eigenvalue weighted by atomic mass is 10.2. The first-order chi connectivity index (χ1) is 7.59. The number of aryl methyl sites for hydroxylation is 1. The highest BCUT2D eigenvalue weighted by Crippen LogP contribution is 2.12. The Morgan fingerprint density at radius 1 is 1.62 bits per heavy atom. The van der Waals surface area contributed by atoms with Crippen LogP contribution in [-0.2, 0) is 4.74 Å². The van der Waals surface area contributed by atoms with Gasteiger partial charge in [0, 0.05) is 6.54 Å². The van der Waals surface area contributed by atoms with E-state index in [1.54, 1.807) is 6.20 Å². The van der Waals surface area contributed by atoms with Crippen molar-refractivity contribution in [2.45, 2.75) is 13.8 Å². The third kappa shape index (κ3) is 4.31. The van der Waals surface area contributed by atoms with Gasteiger partial charge in [0.15, 0.2) is 0 Å². The van der Waals surface area contributed by atoms with E-state index in [2.05, 4.69) is 16.9 Å². The van der Waals surface area contributed by atoms with Crippen LogP contribution in [0.25, 0.3) is 0 Å². The molecule has 16 heavy (non-hydrogen) atoms.